The van der Waals surface area contributed by atoms with E-state index in [0.717, 1.165) is 10.8 Å². The molecule has 32 heavy (non-hydrogen) atoms. The molecule has 0 radical (unpaired) electrons. The molecule has 0 aliphatic rings. The van der Waals surface area contributed by atoms with Crippen molar-refractivity contribution < 1.29 is 9.59 Å². The highest BCUT2D eigenvalue weighted by Crippen LogP contribution is 2.31. The van der Waals surface area contributed by atoms with Crippen LogP contribution in [0.5, 0.6) is 0 Å². The number of rotatable bonds is 4. The number of fused-ring (bicyclic) bond motifs is 1. The average Bonchev–Trinajstić information content (AvgIpc) is 3.48. The number of anilines is 2. The van der Waals surface area contributed by atoms with Gasteiger partial charge in [-0.25, -0.2) is 0 Å². The van der Waals surface area contributed by atoms with Crippen molar-refractivity contribution in [2.45, 2.75) is 0 Å². The zero-order chi connectivity index (χ0) is 22.5. The largest absolute Gasteiger partial charge is 0.332 e. The second-order valence-electron chi connectivity index (χ2n) is 6.48. The molecule has 2 aromatic carbocycles. The summed E-state index contributed by atoms with van der Waals surface area (Å²) >= 11 is 13.4. The fraction of sp³-hybridized carbons (Fsp3) is 0. The average molecular weight is 497 g/mol. The molecule has 2 heterocycles. The predicted octanol–water partition coefficient (Wildman–Crippen LogP) is 5.22. The molecule has 4 aromatic rings. The topological polar surface area (TPSA) is 82.3 Å². The molecule has 2 amide bonds. The lowest BCUT2D eigenvalue weighted by Crippen LogP contribution is -2.34. The second kappa shape index (κ2) is 9.96. The van der Waals surface area contributed by atoms with E-state index in [1.165, 1.54) is 22.7 Å². The van der Waals surface area contributed by atoms with Crippen LogP contribution in [-0.2, 0) is 0 Å². The zero-order valence-corrected chi connectivity index (χ0v) is 19.6. The lowest BCUT2D eigenvalue weighted by molar-refractivity contribution is 0.0973. The maximum Gasteiger partial charge on any atom is 0.267 e. The zero-order valence-electron chi connectivity index (χ0n) is 16.4. The Morgan fingerprint density at radius 3 is 1.53 bits per heavy atom. The van der Waals surface area contributed by atoms with Gasteiger partial charge in [-0.3, -0.25) is 20.2 Å². The molecule has 0 aliphatic heterocycles. The number of thiophene rings is 2. The molecule has 0 unspecified atom stereocenters. The van der Waals surface area contributed by atoms with Crippen LogP contribution in [0.25, 0.3) is 10.8 Å². The van der Waals surface area contributed by atoms with E-state index in [1.54, 1.807) is 24.3 Å². The number of benzene rings is 2. The van der Waals surface area contributed by atoms with E-state index >= 15 is 0 Å². The monoisotopic (exact) mass is 496 g/mol. The van der Waals surface area contributed by atoms with Crippen LogP contribution in [0, 0.1) is 0 Å². The molecule has 160 valence electrons. The summed E-state index contributed by atoms with van der Waals surface area (Å²) in [6.45, 7) is 0. The van der Waals surface area contributed by atoms with E-state index in [2.05, 4.69) is 21.3 Å². The van der Waals surface area contributed by atoms with Crippen LogP contribution in [0.4, 0.5) is 11.4 Å². The Labute approximate surface area is 202 Å². The van der Waals surface area contributed by atoms with Crippen LogP contribution < -0.4 is 21.3 Å². The van der Waals surface area contributed by atoms with Gasteiger partial charge in [0, 0.05) is 5.39 Å². The number of hydrogen-bond acceptors (Lipinski definition) is 6. The Hall–Kier alpha value is -3.18. The number of thiocarbonyl (C=S) groups is 2. The van der Waals surface area contributed by atoms with Crippen molar-refractivity contribution in [3.63, 3.8) is 0 Å². The molecule has 6 nitrogen and oxygen atoms in total. The number of carbonyl (C=O) groups is 2. The molecule has 0 spiro atoms. The van der Waals surface area contributed by atoms with Crippen molar-refractivity contribution in [3.8, 4) is 0 Å². The van der Waals surface area contributed by atoms with E-state index in [1.807, 2.05) is 47.2 Å². The summed E-state index contributed by atoms with van der Waals surface area (Å²) in [7, 11) is 0. The first-order valence-corrected chi connectivity index (χ1v) is 11.9. The maximum absolute atomic E-state index is 12.3. The van der Waals surface area contributed by atoms with Gasteiger partial charge in [0.2, 0.25) is 0 Å². The summed E-state index contributed by atoms with van der Waals surface area (Å²) < 4.78 is 0. The summed E-state index contributed by atoms with van der Waals surface area (Å²) in [6, 6.07) is 18.4. The standard InChI is InChI=1S/C22H16N4O2S4/c27-19(16-9-3-11-31-16)25-21(29)23-14-7-1-5-13-6-2-8-15(18(13)14)24-22(30)26-20(28)17-10-4-12-32-17/h1-12H,(H2,23,25,27,29)(H2,24,26,28,30). The highest BCUT2D eigenvalue weighted by Gasteiger charge is 2.13. The lowest BCUT2D eigenvalue weighted by Gasteiger charge is -2.16. The van der Waals surface area contributed by atoms with Crippen molar-refractivity contribution in [2.24, 2.45) is 0 Å². The van der Waals surface area contributed by atoms with Crippen LogP contribution in [0.2, 0.25) is 0 Å². The molecule has 10 heteroatoms. The Balaban J connectivity index is 1.52. The van der Waals surface area contributed by atoms with Gasteiger partial charge in [0.1, 0.15) is 0 Å². The third kappa shape index (κ3) is 5.17. The van der Waals surface area contributed by atoms with Gasteiger partial charge >= 0.3 is 0 Å². The van der Waals surface area contributed by atoms with Gasteiger partial charge in [0.15, 0.2) is 10.2 Å². The molecule has 4 N–H and O–H groups in total. The SMILES string of the molecule is O=C(NC(=S)Nc1cccc2cccc(NC(=S)NC(=O)c3cccs3)c12)c1cccs1. The minimum Gasteiger partial charge on any atom is -0.332 e. The predicted molar refractivity (Wildman–Crippen MR) is 140 cm³/mol. The van der Waals surface area contributed by atoms with Crippen LogP contribution in [-0.4, -0.2) is 22.0 Å². The molecule has 0 aliphatic carbocycles. The molecule has 2 aromatic heterocycles. The third-order valence-electron chi connectivity index (χ3n) is 4.35. The van der Waals surface area contributed by atoms with Crippen molar-refractivity contribution in [1.29, 1.82) is 0 Å². The first-order valence-electron chi connectivity index (χ1n) is 9.34. The molecule has 0 saturated heterocycles. The Kier molecular flexibility index (Phi) is 6.86. The third-order valence-corrected chi connectivity index (χ3v) is 6.49. The van der Waals surface area contributed by atoms with Gasteiger partial charge in [-0.1, -0.05) is 36.4 Å². The van der Waals surface area contributed by atoms with Gasteiger partial charge < -0.3 is 10.6 Å². The van der Waals surface area contributed by atoms with Gasteiger partial charge in [-0.15, -0.1) is 22.7 Å². The molecule has 0 atom stereocenters. The highest BCUT2D eigenvalue weighted by molar-refractivity contribution is 7.80. The van der Waals surface area contributed by atoms with Crippen LogP contribution in [0.3, 0.4) is 0 Å². The smallest absolute Gasteiger partial charge is 0.267 e. The summed E-state index contributed by atoms with van der Waals surface area (Å²) in [6.07, 6.45) is 0. The lowest BCUT2D eigenvalue weighted by atomic mass is 10.1. The summed E-state index contributed by atoms with van der Waals surface area (Å²) in [5.74, 6) is -0.540. The fourth-order valence-corrected chi connectivity index (χ4v) is 4.64. The van der Waals surface area contributed by atoms with Crippen molar-refractivity contribution in [1.82, 2.24) is 10.6 Å². The van der Waals surface area contributed by atoms with Gasteiger partial charge in [0.25, 0.3) is 11.8 Å². The Morgan fingerprint density at radius 2 is 1.12 bits per heavy atom. The van der Waals surface area contributed by atoms with Gasteiger partial charge in [0.05, 0.1) is 21.1 Å². The summed E-state index contributed by atoms with van der Waals surface area (Å²) in [5, 5.41) is 17.3. The molecular formula is C22H16N4O2S4. The number of amides is 2. The molecule has 0 saturated carbocycles. The van der Waals surface area contributed by atoms with E-state index in [9.17, 15) is 9.59 Å². The molecule has 0 fully saturated rings. The first kappa shape index (κ1) is 22.0. The summed E-state index contributed by atoms with van der Waals surface area (Å²) in [4.78, 5) is 25.7. The number of hydrogen-bond donors (Lipinski definition) is 4. The summed E-state index contributed by atoms with van der Waals surface area (Å²) in [5.41, 5.74) is 1.38. The molecular weight excluding hydrogens is 481 g/mol. The van der Waals surface area contributed by atoms with Crippen molar-refractivity contribution >= 4 is 91.3 Å². The fourth-order valence-electron chi connectivity index (χ4n) is 3.00. The van der Waals surface area contributed by atoms with Gasteiger partial charge in [-0.2, -0.15) is 0 Å². The van der Waals surface area contributed by atoms with Crippen LogP contribution in [0.1, 0.15) is 19.3 Å². The van der Waals surface area contributed by atoms with Crippen molar-refractivity contribution in [3.05, 3.63) is 81.2 Å². The minimum atomic E-state index is -0.270. The van der Waals surface area contributed by atoms with Gasteiger partial charge in [-0.05, 0) is 64.8 Å². The molecule has 0 bridgehead atoms. The van der Waals surface area contributed by atoms with Crippen LogP contribution in [0.15, 0.2) is 71.4 Å². The minimum absolute atomic E-state index is 0.180. The normalized spacial score (nSPS) is 10.4. The number of carbonyl (C=O) groups excluding carboxylic acids is 2. The maximum atomic E-state index is 12.3. The van der Waals surface area contributed by atoms with Crippen LogP contribution >= 0.6 is 47.1 Å². The van der Waals surface area contributed by atoms with E-state index < -0.39 is 0 Å². The molecule has 4 rings (SSSR count). The van der Waals surface area contributed by atoms with E-state index in [0.29, 0.717) is 21.1 Å². The second-order valence-corrected chi connectivity index (χ2v) is 9.19. The quantitative estimate of drug-likeness (QED) is 0.290. The van der Waals surface area contributed by atoms with E-state index in [-0.39, 0.29) is 22.0 Å². The van der Waals surface area contributed by atoms with E-state index in [4.69, 9.17) is 24.4 Å². The Morgan fingerprint density at radius 1 is 0.656 bits per heavy atom. The number of nitrogens with one attached hydrogen (secondary N) is 4. The highest BCUT2D eigenvalue weighted by atomic mass is 32.1. The van der Waals surface area contributed by atoms with Crippen molar-refractivity contribution in [2.75, 3.05) is 10.6 Å². The Bertz CT molecular complexity index is 1200. The first-order chi connectivity index (χ1) is 15.5.